The summed E-state index contributed by atoms with van der Waals surface area (Å²) >= 11 is 0. The molecule has 0 radical (unpaired) electrons. The van der Waals surface area contributed by atoms with E-state index in [0.717, 1.165) is 19.3 Å². The molecule has 1 aliphatic heterocycles. The molecule has 0 amide bonds. The Hall–Kier alpha value is -1.15. The molecule has 2 aliphatic rings. The highest BCUT2D eigenvalue weighted by Crippen LogP contribution is 2.55. The van der Waals surface area contributed by atoms with Gasteiger partial charge in [0.1, 0.15) is 6.10 Å². The van der Waals surface area contributed by atoms with Crippen molar-refractivity contribution in [3.63, 3.8) is 0 Å². The molecule has 116 valence electrons. The maximum atomic E-state index is 11.1. The molecule has 21 heavy (non-hydrogen) atoms. The highest BCUT2D eigenvalue weighted by molar-refractivity contribution is 5.87. The first kappa shape index (κ1) is 16.2. The second-order valence-corrected chi connectivity index (χ2v) is 7.27. The van der Waals surface area contributed by atoms with E-state index < -0.39 is 0 Å². The van der Waals surface area contributed by atoms with Crippen molar-refractivity contribution in [3.8, 4) is 0 Å². The minimum absolute atomic E-state index is 0.0792. The van der Waals surface area contributed by atoms with E-state index >= 15 is 0 Å². The zero-order valence-corrected chi connectivity index (χ0v) is 13.8. The summed E-state index contributed by atoms with van der Waals surface area (Å²) in [6.45, 7) is 16.4. The predicted octanol–water partition coefficient (Wildman–Crippen LogP) is 4.47. The maximum Gasteiger partial charge on any atom is 0.152 e. The Bertz CT molecular complexity index is 490. The summed E-state index contributed by atoms with van der Waals surface area (Å²) in [6.07, 6.45) is 9.10. The first-order valence-electron chi connectivity index (χ1n) is 7.88. The van der Waals surface area contributed by atoms with Gasteiger partial charge in [-0.1, -0.05) is 25.2 Å². The van der Waals surface area contributed by atoms with Gasteiger partial charge in [-0.2, -0.15) is 0 Å². The molecule has 0 bridgehead atoms. The van der Waals surface area contributed by atoms with E-state index in [-0.39, 0.29) is 22.9 Å². The SMILES string of the molecule is C=C[C@@]1(C)CCC([C@]2(C)OC2/C=C/C(C)=O)CC1C(=C)C. The second kappa shape index (κ2) is 5.57. The fourth-order valence-corrected chi connectivity index (χ4v) is 3.88. The molecule has 0 N–H and O–H groups in total. The van der Waals surface area contributed by atoms with Crippen molar-refractivity contribution in [1.82, 2.24) is 0 Å². The molecule has 0 spiro atoms. The first-order valence-corrected chi connectivity index (χ1v) is 7.88. The number of ether oxygens (including phenoxy) is 1. The van der Waals surface area contributed by atoms with Crippen molar-refractivity contribution >= 4 is 5.78 Å². The molecule has 2 nitrogen and oxygen atoms in total. The van der Waals surface area contributed by atoms with E-state index in [0.29, 0.717) is 11.8 Å². The van der Waals surface area contributed by atoms with Gasteiger partial charge in [-0.15, -0.1) is 6.58 Å². The van der Waals surface area contributed by atoms with Crippen LogP contribution in [0.5, 0.6) is 0 Å². The fraction of sp³-hybridized carbons (Fsp3) is 0.632. The molecule has 0 aromatic heterocycles. The van der Waals surface area contributed by atoms with Gasteiger partial charge in [-0.05, 0) is 69.4 Å². The van der Waals surface area contributed by atoms with E-state index in [4.69, 9.17) is 4.74 Å². The Labute approximate surface area is 129 Å². The largest absolute Gasteiger partial charge is 0.362 e. The van der Waals surface area contributed by atoms with Gasteiger partial charge in [0.25, 0.3) is 0 Å². The number of carbonyl (C=O) groups excluding carboxylic acids is 1. The van der Waals surface area contributed by atoms with Crippen molar-refractivity contribution in [1.29, 1.82) is 0 Å². The highest BCUT2D eigenvalue weighted by Gasteiger charge is 2.58. The van der Waals surface area contributed by atoms with Crippen molar-refractivity contribution in [2.24, 2.45) is 17.3 Å². The number of carbonyl (C=O) groups is 1. The number of epoxide rings is 1. The van der Waals surface area contributed by atoms with Crippen molar-refractivity contribution in [2.75, 3.05) is 0 Å². The van der Waals surface area contributed by atoms with E-state index in [9.17, 15) is 4.79 Å². The van der Waals surface area contributed by atoms with E-state index in [2.05, 4.69) is 40.0 Å². The molecular weight excluding hydrogens is 260 g/mol. The van der Waals surface area contributed by atoms with Crippen molar-refractivity contribution in [3.05, 3.63) is 37.0 Å². The molecule has 1 saturated heterocycles. The minimum atomic E-state index is -0.109. The van der Waals surface area contributed by atoms with Gasteiger partial charge >= 0.3 is 0 Å². The lowest BCUT2D eigenvalue weighted by Gasteiger charge is -2.44. The molecule has 0 aromatic carbocycles. The number of hydrogen-bond donors (Lipinski definition) is 0. The third-order valence-electron chi connectivity index (χ3n) is 5.61. The average Bonchev–Trinajstić information content (AvgIpc) is 3.08. The summed E-state index contributed by atoms with van der Waals surface area (Å²) in [7, 11) is 0. The monoisotopic (exact) mass is 288 g/mol. The summed E-state index contributed by atoms with van der Waals surface area (Å²) in [6, 6.07) is 0. The quantitative estimate of drug-likeness (QED) is 0.424. The Kier molecular flexibility index (Phi) is 4.30. The minimum Gasteiger partial charge on any atom is -0.362 e. The van der Waals surface area contributed by atoms with Crippen LogP contribution in [0.15, 0.2) is 37.0 Å². The van der Waals surface area contributed by atoms with Crippen LogP contribution in [0, 0.1) is 17.3 Å². The van der Waals surface area contributed by atoms with Crippen LogP contribution in [-0.2, 0) is 9.53 Å². The third-order valence-corrected chi connectivity index (χ3v) is 5.61. The number of rotatable bonds is 5. The molecule has 0 aromatic rings. The van der Waals surface area contributed by atoms with Crippen LogP contribution in [0.3, 0.4) is 0 Å². The van der Waals surface area contributed by atoms with E-state index in [1.54, 1.807) is 13.0 Å². The zero-order chi connectivity index (χ0) is 15.8. The predicted molar refractivity (Wildman–Crippen MR) is 87.0 cm³/mol. The maximum absolute atomic E-state index is 11.1. The molecule has 2 heteroatoms. The van der Waals surface area contributed by atoms with Gasteiger partial charge < -0.3 is 4.74 Å². The summed E-state index contributed by atoms with van der Waals surface area (Å²) in [5.41, 5.74) is 1.28. The van der Waals surface area contributed by atoms with Crippen LogP contribution in [0.4, 0.5) is 0 Å². The lowest BCUT2D eigenvalue weighted by atomic mass is 9.60. The van der Waals surface area contributed by atoms with Gasteiger partial charge in [0.15, 0.2) is 5.78 Å². The topological polar surface area (TPSA) is 29.6 Å². The van der Waals surface area contributed by atoms with Crippen LogP contribution >= 0.6 is 0 Å². The Morgan fingerprint density at radius 3 is 2.52 bits per heavy atom. The lowest BCUT2D eigenvalue weighted by molar-refractivity contribution is -0.112. The van der Waals surface area contributed by atoms with Crippen molar-refractivity contribution < 1.29 is 9.53 Å². The van der Waals surface area contributed by atoms with Crippen LogP contribution in [0.1, 0.15) is 47.0 Å². The number of hydrogen-bond acceptors (Lipinski definition) is 2. The molecule has 2 fully saturated rings. The number of allylic oxidation sites excluding steroid dienone is 3. The Morgan fingerprint density at radius 2 is 2.00 bits per heavy atom. The van der Waals surface area contributed by atoms with Crippen LogP contribution in [0.2, 0.25) is 0 Å². The van der Waals surface area contributed by atoms with Gasteiger partial charge in [0.2, 0.25) is 0 Å². The number of ketones is 1. The summed E-state index contributed by atoms with van der Waals surface area (Å²) in [4.78, 5) is 11.1. The third kappa shape index (κ3) is 3.06. The lowest BCUT2D eigenvalue weighted by Crippen LogP contribution is -2.38. The fourth-order valence-electron chi connectivity index (χ4n) is 3.88. The standard InChI is InChI=1S/C19H28O2/c1-7-18(5)11-10-15(12-16(18)13(2)3)19(6)17(21-19)9-8-14(4)20/h7-9,15-17H,1-2,10-12H2,3-6H3/b9-8+/t15?,16?,17?,18-,19-/m0/s1. The van der Waals surface area contributed by atoms with Gasteiger partial charge in [0.05, 0.1) is 5.60 Å². The van der Waals surface area contributed by atoms with Gasteiger partial charge in [0, 0.05) is 0 Å². The van der Waals surface area contributed by atoms with Crippen molar-refractivity contribution in [2.45, 2.75) is 58.7 Å². The molecule has 1 heterocycles. The van der Waals surface area contributed by atoms with Crippen LogP contribution in [-0.4, -0.2) is 17.5 Å². The van der Waals surface area contributed by atoms with Gasteiger partial charge in [-0.3, -0.25) is 4.79 Å². The molecule has 3 unspecified atom stereocenters. The first-order chi connectivity index (χ1) is 9.73. The molecule has 1 saturated carbocycles. The average molecular weight is 288 g/mol. The Morgan fingerprint density at radius 1 is 1.33 bits per heavy atom. The normalized spacial score (nSPS) is 42.8. The zero-order valence-electron chi connectivity index (χ0n) is 13.8. The van der Waals surface area contributed by atoms with Crippen LogP contribution in [0.25, 0.3) is 0 Å². The van der Waals surface area contributed by atoms with Gasteiger partial charge in [-0.25, -0.2) is 0 Å². The molecule has 2 rings (SSSR count). The molecule has 5 atom stereocenters. The second-order valence-electron chi connectivity index (χ2n) is 7.27. The summed E-state index contributed by atoms with van der Waals surface area (Å²) in [5, 5.41) is 0. The Balaban J connectivity index is 2.09. The smallest absolute Gasteiger partial charge is 0.152 e. The molecular formula is C19H28O2. The highest BCUT2D eigenvalue weighted by atomic mass is 16.6. The summed E-state index contributed by atoms with van der Waals surface area (Å²) < 4.78 is 5.93. The van der Waals surface area contributed by atoms with Crippen LogP contribution < -0.4 is 0 Å². The summed E-state index contributed by atoms with van der Waals surface area (Å²) in [5.74, 6) is 1.07. The van der Waals surface area contributed by atoms with E-state index in [1.807, 2.05) is 6.08 Å². The van der Waals surface area contributed by atoms with E-state index in [1.165, 1.54) is 5.57 Å². The molecule has 1 aliphatic carbocycles.